The molecule has 0 bridgehead atoms. The summed E-state index contributed by atoms with van der Waals surface area (Å²) in [4.78, 5) is 13.4. The summed E-state index contributed by atoms with van der Waals surface area (Å²) >= 11 is 3.59. The molecule has 0 aliphatic carbocycles. The van der Waals surface area contributed by atoms with Gasteiger partial charge >= 0.3 is 0 Å². The van der Waals surface area contributed by atoms with Gasteiger partial charge < -0.3 is 0 Å². The van der Waals surface area contributed by atoms with Crippen molar-refractivity contribution >= 4 is 38.5 Å². The molecule has 0 N–H and O–H groups in total. The fraction of sp³-hybridized carbons (Fsp3) is 0.0952. The van der Waals surface area contributed by atoms with Crippen LogP contribution in [0, 0.1) is 0 Å². The average Bonchev–Trinajstić information content (AvgIpc) is 3.37. The van der Waals surface area contributed by atoms with Crippen LogP contribution < -0.4 is 0 Å². The fourth-order valence-corrected chi connectivity index (χ4v) is 3.75. The third-order valence-corrected chi connectivity index (χ3v) is 5.35. The first kappa shape index (κ1) is 16.9. The minimum atomic E-state index is 0.574. The molecule has 0 spiro atoms. The van der Waals surface area contributed by atoms with E-state index >= 15 is 0 Å². The van der Waals surface area contributed by atoms with Crippen LogP contribution in [-0.4, -0.2) is 38.1 Å². The van der Waals surface area contributed by atoms with Gasteiger partial charge in [0, 0.05) is 28.0 Å². The Morgan fingerprint density at radius 2 is 1.86 bits per heavy atom. The number of pyridine rings is 1. The summed E-state index contributed by atoms with van der Waals surface area (Å²) in [6.07, 6.45) is 3.57. The molecule has 6 nitrogen and oxygen atoms in total. The van der Waals surface area contributed by atoms with Gasteiger partial charge in [0.1, 0.15) is 5.52 Å². The number of aromatic nitrogens is 4. The van der Waals surface area contributed by atoms with Crippen LogP contribution in [0.3, 0.4) is 0 Å². The van der Waals surface area contributed by atoms with Crippen molar-refractivity contribution in [3.05, 3.63) is 88.2 Å². The molecule has 0 radical (unpaired) electrons. The van der Waals surface area contributed by atoms with Crippen molar-refractivity contribution < 1.29 is 0 Å². The zero-order valence-electron chi connectivity index (χ0n) is 14.8. The molecule has 0 unspecified atom stereocenters. The SMILES string of the molecule is Brc1ccccc1C1=NC(c2ccc3c(c2)nnn3Cc2ccncc2)=NC1. The van der Waals surface area contributed by atoms with Crippen LogP contribution in [0.15, 0.2) is 81.4 Å². The van der Waals surface area contributed by atoms with Crippen LogP contribution in [0.4, 0.5) is 0 Å². The van der Waals surface area contributed by atoms with Crippen LogP contribution >= 0.6 is 15.9 Å². The summed E-state index contributed by atoms with van der Waals surface area (Å²) in [6, 6.07) is 18.1. The van der Waals surface area contributed by atoms with Crippen molar-refractivity contribution in [1.82, 2.24) is 20.0 Å². The molecule has 5 rings (SSSR count). The van der Waals surface area contributed by atoms with E-state index in [-0.39, 0.29) is 0 Å². The van der Waals surface area contributed by atoms with E-state index < -0.39 is 0 Å². The molecular formula is C21H15BrN6. The smallest absolute Gasteiger partial charge is 0.155 e. The third kappa shape index (κ3) is 3.14. The van der Waals surface area contributed by atoms with E-state index in [0.717, 1.165) is 43.7 Å². The van der Waals surface area contributed by atoms with Gasteiger partial charge in [0.15, 0.2) is 5.84 Å². The second-order valence-electron chi connectivity index (χ2n) is 6.48. The molecule has 1 aliphatic heterocycles. The summed E-state index contributed by atoms with van der Waals surface area (Å²) in [7, 11) is 0. The highest BCUT2D eigenvalue weighted by molar-refractivity contribution is 9.10. The normalized spacial score (nSPS) is 13.6. The number of nitrogens with zero attached hydrogens (tertiary/aromatic N) is 6. The first-order chi connectivity index (χ1) is 13.8. The van der Waals surface area contributed by atoms with E-state index in [1.165, 1.54) is 0 Å². The average molecular weight is 431 g/mol. The van der Waals surface area contributed by atoms with Crippen molar-refractivity contribution in [2.75, 3.05) is 6.54 Å². The summed E-state index contributed by atoms with van der Waals surface area (Å²) in [5.74, 6) is 0.733. The highest BCUT2D eigenvalue weighted by Crippen LogP contribution is 2.22. The van der Waals surface area contributed by atoms with E-state index in [0.29, 0.717) is 13.1 Å². The molecule has 0 fully saturated rings. The van der Waals surface area contributed by atoms with Gasteiger partial charge in [-0.05, 0) is 42.0 Å². The van der Waals surface area contributed by atoms with Gasteiger partial charge in [0.2, 0.25) is 0 Å². The maximum atomic E-state index is 4.75. The maximum Gasteiger partial charge on any atom is 0.155 e. The topological polar surface area (TPSA) is 68.3 Å². The predicted molar refractivity (Wildman–Crippen MR) is 113 cm³/mol. The zero-order valence-corrected chi connectivity index (χ0v) is 16.4. The molecule has 3 heterocycles. The first-order valence-electron chi connectivity index (χ1n) is 8.87. The van der Waals surface area contributed by atoms with Crippen molar-refractivity contribution in [2.45, 2.75) is 6.54 Å². The minimum Gasteiger partial charge on any atom is -0.265 e. The van der Waals surface area contributed by atoms with Gasteiger partial charge in [-0.3, -0.25) is 9.98 Å². The van der Waals surface area contributed by atoms with Gasteiger partial charge in [0.05, 0.1) is 24.3 Å². The number of fused-ring (bicyclic) bond motifs is 1. The molecule has 0 saturated carbocycles. The summed E-state index contributed by atoms with van der Waals surface area (Å²) < 4.78 is 2.92. The van der Waals surface area contributed by atoms with Crippen molar-refractivity contribution in [3.63, 3.8) is 0 Å². The first-order valence-corrected chi connectivity index (χ1v) is 9.67. The second-order valence-corrected chi connectivity index (χ2v) is 7.34. The standard InChI is InChI=1S/C21H15BrN6/c22-17-4-2-1-3-16(17)19-12-24-21(25-19)15-5-6-20-18(11-15)26-27-28(20)13-14-7-9-23-10-8-14/h1-11H,12-13H2. The lowest BCUT2D eigenvalue weighted by Gasteiger charge is -2.03. The van der Waals surface area contributed by atoms with Crippen molar-refractivity contribution in [1.29, 1.82) is 0 Å². The summed E-state index contributed by atoms with van der Waals surface area (Å²) in [5.41, 5.74) is 5.93. The highest BCUT2D eigenvalue weighted by atomic mass is 79.9. The molecule has 0 atom stereocenters. The highest BCUT2D eigenvalue weighted by Gasteiger charge is 2.17. The molecule has 4 aromatic rings. The lowest BCUT2D eigenvalue weighted by Crippen LogP contribution is -2.03. The summed E-state index contributed by atoms with van der Waals surface area (Å²) in [6.45, 7) is 1.23. The van der Waals surface area contributed by atoms with Crippen LogP contribution in [0.25, 0.3) is 11.0 Å². The molecule has 2 aromatic heterocycles. The Hall–Kier alpha value is -3.19. The van der Waals surface area contributed by atoms with Gasteiger partial charge in [-0.25, -0.2) is 9.67 Å². The Balaban J connectivity index is 1.44. The monoisotopic (exact) mass is 430 g/mol. The molecule has 0 amide bonds. The Morgan fingerprint density at radius 1 is 1.00 bits per heavy atom. The fourth-order valence-electron chi connectivity index (χ4n) is 3.23. The lowest BCUT2D eigenvalue weighted by atomic mass is 10.1. The van der Waals surface area contributed by atoms with E-state index in [1.54, 1.807) is 12.4 Å². The minimum absolute atomic E-state index is 0.574. The van der Waals surface area contributed by atoms with Gasteiger partial charge in [-0.1, -0.05) is 39.3 Å². The molecular weight excluding hydrogens is 416 g/mol. The molecule has 136 valence electrons. The zero-order chi connectivity index (χ0) is 18.9. The maximum absolute atomic E-state index is 4.75. The largest absolute Gasteiger partial charge is 0.265 e. The Labute approximate surface area is 169 Å². The van der Waals surface area contributed by atoms with E-state index in [9.17, 15) is 0 Å². The van der Waals surface area contributed by atoms with Crippen molar-refractivity contribution in [3.8, 4) is 0 Å². The Kier molecular flexibility index (Phi) is 4.29. The number of amidine groups is 1. The van der Waals surface area contributed by atoms with Crippen LogP contribution in [0.1, 0.15) is 16.7 Å². The Bertz CT molecular complexity index is 1230. The molecule has 1 aliphatic rings. The van der Waals surface area contributed by atoms with E-state index in [2.05, 4.69) is 42.3 Å². The predicted octanol–water partition coefficient (Wildman–Crippen LogP) is 3.89. The number of hydrogen-bond donors (Lipinski definition) is 0. The van der Waals surface area contributed by atoms with Gasteiger partial charge in [0.25, 0.3) is 0 Å². The molecule has 7 heteroatoms. The number of benzene rings is 2. The number of aliphatic imine (C=N–C) groups is 2. The van der Waals surface area contributed by atoms with Gasteiger partial charge in [-0.15, -0.1) is 5.10 Å². The molecule has 2 aromatic carbocycles. The number of rotatable bonds is 4. The molecule has 0 saturated heterocycles. The second kappa shape index (κ2) is 7.09. The van der Waals surface area contributed by atoms with Gasteiger partial charge in [-0.2, -0.15) is 0 Å². The molecule has 28 heavy (non-hydrogen) atoms. The number of hydrogen-bond acceptors (Lipinski definition) is 5. The van der Waals surface area contributed by atoms with Crippen LogP contribution in [0.5, 0.6) is 0 Å². The van der Waals surface area contributed by atoms with Crippen LogP contribution in [0.2, 0.25) is 0 Å². The van der Waals surface area contributed by atoms with E-state index in [4.69, 9.17) is 4.99 Å². The lowest BCUT2D eigenvalue weighted by molar-refractivity contribution is 0.669. The number of halogens is 1. The summed E-state index contributed by atoms with van der Waals surface area (Å²) in [5, 5.41) is 8.62. The Morgan fingerprint density at radius 3 is 2.71 bits per heavy atom. The van der Waals surface area contributed by atoms with E-state index in [1.807, 2.05) is 53.2 Å². The third-order valence-electron chi connectivity index (χ3n) is 4.66. The van der Waals surface area contributed by atoms with Crippen LogP contribution in [-0.2, 0) is 6.54 Å². The van der Waals surface area contributed by atoms with Crippen molar-refractivity contribution in [2.24, 2.45) is 9.98 Å². The quantitative estimate of drug-likeness (QED) is 0.493.